The van der Waals surface area contributed by atoms with Gasteiger partial charge < -0.3 is 4.57 Å². The third kappa shape index (κ3) is 4.96. The van der Waals surface area contributed by atoms with Crippen molar-refractivity contribution in [2.75, 3.05) is 18.8 Å². The van der Waals surface area contributed by atoms with E-state index in [1.165, 1.54) is 12.1 Å². The molecule has 0 unspecified atom stereocenters. The summed E-state index contributed by atoms with van der Waals surface area (Å²) in [7, 11) is -3.10. The summed E-state index contributed by atoms with van der Waals surface area (Å²) in [6.45, 7) is 5.80. The quantitative estimate of drug-likeness (QED) is 0.725. The molecular weight excluding hydrogens is 365 g/mol. The second kappa shape index (κ2) is 8.52. The van der Waals surface area contributed by atoms with Crippen molar-refractivity contribution in [2.24, 2.45) is 5.92 Å². The third-order valence-corrected chi connectivity index (χ3v) is 7.37. The molecule has 0 saturated carbocycles. The predicted octanol–water partition coefficient (Wildman–Crippen LogP) is 3.37. The molecule has 1 aromatic carbocycles. The first-order valence-electron chi connectivity index (χ1n) is 9.62. The summed E-state index contributed by atoms with van der Waals surface area (Å²) in [4.78, 5) is 4.58. The average Bonchev–Trinajstić information content (AvgIpc) is 2.97. The molecule has 0 radical (unpaired) electrons. The number of rotatable bonds is 7. The molecule has 7 heteroatoms. The molecule has 0 aliphatic carbocycles. The van der Waals surface area contributed by atoms with Crippen LogP contribution in [-0.2, 0) is 23.0 Å². The smallest absolute Gasteiger partial charge is 0.214 e. The molecular formula is C20H28FN3O2S. The van der Waals surface area contributed by atoms with Gasteiger partial charge in [0, 0.05) is 37.9 Å². The van der Waals surface area contributed by atoms with Gasteiger partial charge in [-0.3, -0.25) is 0 Å². The van der Waals surface area contributed by atoms with Crippen LogP contribution in [0.25, 0.3) is 0 Å². The Labute approximate surface area is 161 Å². The van der Waals surface area contributed by atoms with Gasteiger partial charge in [0.15, 0.2) is 0 Å². The number of aromatic nitrogens is 2. The van der Waals surface area contributed by atoms with Crippen LogP contribution in [-0.4, -0.2) is 41.1 Å². The highest BCUT2D eigenvalue weighted by Gasteiger charge is 2.28. The maximum atomic E-state index is 13.1. The van der Waals surface area contributed by atoms with Crippen LogP contribution in [0.4, 0.5) is 4.39 Å². The van der Waals surface area contributed by atoms with E-state index in [0.717, 1.165) is 36.3 Å². The largest absolute Gasteiger partial charge is 0.328 e. The third-order valence-electron chi connectivity index (χ3n) is 5.29. The van der Waals surface area contributed by atoms with E-state index in [1.807, 2.05) is 20.0 Å². The number of aryl methyl sites for hydroxylation is 1. The first-order valence-corrected chi connectivity index (χ1v) is 11.2. The van der Waals surface area contributed by atoms with Crippen LogP contribution in [0.3, 0.4) is 0 Å². The maximum absolute atomic E-state index is 13.1. The Balaban J connectivity index is 1.63. The fraction of sp³-hybridized carbons (Fsp3) is 0.550. The molecule has 1 aliphatic heterocycles. The number of hydrogen-bond donors (Lipinski definition) is 0. The highest BCUT2D eigenvalue weighted by Crippen LogP contribution is 2.24. The Morgan fingerprint density at radius 3 is 2.48 bits per heavy atom. The molecule has 5 nitrogen and oxygen atoms in total. The maximum Gasteiger partial charge on any atom is 0.214 e. The molecule has 2 heterocycles. The molecule has 3 rings (SSSR count). The van der Waals surface area contributed by atoms with Crippen LogP contribution in [0.15, 0.2) is 30.5 Å². The lowest BCUT2D eigenvalue weighted by molar-refractivity contribution is 0.269. The Hall–Kier alpha value is -1.73. The summed E-state index contributed by atoms with van der Waals surface area (Å²) < 4.78 is 41.4. The number of benzene rings is 1. The van der Waals surface area contributed by atoms with Crippen LogP contribution in [0.1, 0.15) is 43.3 Å². The number of nitrogens with zero attached hydrogens (tertiary/aromatic N) is 3. The van der Waals surface area contributed by atoms with Gasteiger partial charge in [0.25, 0.3) is 0 Å². The van der Waals surface area contributed by atoms with Crippen molar-refractivity contribution < 1.29 is 12.8 Å². The number of imidazole rings is 1. The van der Waals surface area contributed by atoms with E-state index in [0.29, 0.717) is 32.0 Å². The lowest BCUT2D eigenvalue weighted by atomic mass is 9.94. The van der Waals surface area contributed by atoms with E-state index in [-0.39, 0.29) is 11.6 Å². The molecule has 0 N–H and O–H groups in total. The molecule has 1 aromatic heterocycles. The first-order chi connectivity index (χ1) is 12.9. The van der Waals surface area contributed by atoms with E-state index < -0.39 is 10.0 Å². The monoisotopic (exact) mass is 393 g/mol. The Kier molecular flexibility index (Phi) is 6.32. The minimum Gasteiger partial charge on any atom is -0.328 e. The predicted molar refractivity (Wildman–Crippen MR) is 105 cm³/mol. The number of sulfonamides is 1. The van der Waals surface area contributed by atoms with Gasteiger partial charge in [-0.2, -0.15) is 0 Å². The highest BCUT2D eigenvalue weighted by atomic mass is 32.2. The van der Waals surface area contributed by atoms with Gasteiger partial charge in [0.1, 0.15) is 11.6 Å². The number of piperidine rings is 1. The molecule has 0 amide bonds. The number of hydrogen-bond acceptors (Lipinski definition) is 3. The van der Waals surface area contributed by atoms with Crippen molar-refractivity contribution in [3.8, 4) is 0 Å². The first kappa shape index (κ1) is 20.0. The van der Waals surface area contributed by atoms with Gasteiger partial charge in [0.2, 0.25) is 10.0 Å². The van der Waals surface area contributed by atoms with Crippen LogP contribution in [0, 0.1) is 18.7 Å². The van der Waals surface area contributed by atoms with Crippen molar-refractivity contribution in [3.63, 3.8) is 0 Å². The molecule has 0 atom stereocenters. The molecule has 148 valence electrons. The second-order valence-electron chi connectivity index (χ2n) is 7.39. The number of halogens is 1. The van der Waals surface area contributed by atoms with Gasteiger partial charge in [-0.15, -0.1) is 0 Å². The minimum atomic E-state index is -3.10. The fourth-order valence-corrected chi connectivity index (χ4v) is 5.24. The van der Waals surface area contributed by atoms with Crippen molar-refractivity contribution in [2.45, 2.75) is 46.1 Å². The van der Waals surface area contributed by atoms with Crippen molar-refractivity contribution in [1.29, 1.82) is 0 Å². The summed E-state index contributed by atoms with van der Waals surface area (Å²) in [6.07, 6.45) is 5.11. The zero-order valence-electron chi connectivity index (χ0n) is 16.1. The lowest BCUT2D eigenvalue weighted by Crippen LogP contribution is -2.40. The van der Waals surface area contributed by atoms with Gasteiger partial charge in [-0.25, -0.2) is 22.1 Å². The molecule has 0 bridgehead atoms. The molecule has 1 saturated heterocycles. The lowest BCUT2D eigenvalue weighted by Gasteiger charge is -2.31. The van der Waals surface area contributed by atoms with E-state index in [2.05, 4.69) is 9.55 Å². The zero-order valence-corrected chi connectivity index (χ0v) is 16.9. The zero-order chi connectivity index (χ0) is 19.4. The SMILES string of the molecule is CCCS(=O)(=O)N1CCC(Cc2ncc(C)n2Cc2ccc(F)cc2)CC1. The van der Waals surface area contributed by atoms with Crippen molar-refractivity contribution >= 4 is 10.0 Å². The van der Waals surface area contributed by atoms with Crippen molar-refractivity contribution in [3.05, 3.63) is 53.4 Å². The fourth-order valence-electron chi connectivity index (χ4n) is 3.70. The van der Waals surface area contributed by atoms with Crippen LogP contribution in [0.2, 0.25) is 0 Å². The molecule has 27 heavy (non-hydrogen) atoms. The van der Waals surface area contributed by atoms with Gasteiger partial charge in [-0.1, -0.05) is 19.1 Å². The van der Waals surface area contributed by atoms with Gasteiger partial charge >= 0.3 is 0 Å². The molecule has 2 aromatic rings. The van der Waals surface area contributed by atoms with E-state index in [4.69, 9.17) is 0 Å². The summed E-state index contributed by atoms with van der Waals surface area (Å²) in [5.41, 5.74) is 2.12. The normalized spacial score (nSPS) is 16.7. The Bertz CT molecular complexity index is 854. The van der Waals surface area contributed by atoms with Crippen LogP contribution in [0.5, 0.6) is 0 Å². The summed E-state index contributed by atoms with van der Waals surface area (Å²) in [5, 5.41) is 0. The van der Waals surface area contributed by atoms with E-state index in [9.17, 15) is 12.8 Å². The van der Waals surface area contributed by atoms with Crippen molar-refractivity contribution in [1.82, 2.24) is 13.9 Å². The van der Waals surface area contributed by atoms with E-state index in [1.54, 1.807) is 16.4 Å². The average molecular weight is 394 g/mol. The summed E-state index contributed by atoms with van der Waals surface area (Å²) in [6, 6.07) is 6.56. The van der Waals surface area contributed by atoms with Gasteiger partial charge in [0.05, 0.1) is 5.75 Å². The summed E-state index contributed by atoms with van der Waals surface area (Å²) in [5.74, 6) is 1.46. The standard InChI is InChI=1S/C20H28FN3O2S/c1-3-12-27(25,26)23-10-8-17(9-11-23)13-20-22-14-16(2)24(20)15-18-4-6-19(21)7-5-18/h4-7,14,17H,3,8-13,15H2,1-2H3. The second-order valence-corrected chi connectivity index (χ2v) is 9.48. The van der Waals surface area contributed by atoms with Crippen LogP contribution < -0.4 is 0 Å². The highest BCUT2D eigenvalue weighted by molar-refractivity contribution is 7.89. The topological polar surface area (TPSA) is 55.2 Å². The Morgan fingerprint density at radius 2 is 1.85 bits per heavy atom. The molecule has 0 spiro atoms. The molecule has 1 fully saturated rings. The Morgan fingerprint density at radius 1 is 1.19 bits per heavy atom. The summed E-state index contributed by atoms with van der Waals surface area (Å²) >= 11 is 0. The van der Waals surface area contributed by atoms with Gasteiger partial charge in [-0.05, 0) is 49.8 Å². The van der Waals surface area contributed by atoms with E-state index >= 15 is 0 Å². The van der Waals surface area contributed by atoms with Crippen LogP contribution >= 0.6 is 0 Å². The minimum absolute atomic E-state index is 0.230. The molecule has 1 aliphatic rings.